The molecule has 0 spiro atoms. The molecule has 0 aliphatic heterocycles. The van der Waals surface area contributed by atoms with Crippen LogP contribution in [-0.2, 0) is 14.3 Å². The minimum atomic E-state index is -1.20. The molecule has 0 N–H and O–H groups in total. The molecule has 0 aromatic rings. The average molecular weight is 332 g/mol. The van der Waals surface area contributed by atoms with E-state index in [9.17, 15) is 14.0 Å². The topological polar surface area (TPSA) is 43.4 Å². The van der Waals surface area contributed by atoms with Gasteiger partial charge in [0.1, 0.15) is 11.5 Å². The minimum Gasteiger partial charge on any atom is -0.428 e. The summed E-state index contributed by atoms with van der Waals surface area (Å²) in [6, 6.07) is 0. The van der Waals surface area contributed by atoms with Crippen molar-refractivity contribution in [3.05, 3.63) is 23.5 Å². The molecule has 0 bridgehead atoms. The maximum absolute atomic E-state index is 14.5. The van der Waals surface area contributed by atoms with E-state index in [0.717, 1.165) is 31.3 Å². The predicted molar refractivity (Wildman–Crippen MR) is 87.6 cm³/mol. The molecule has 24 heavy (non-hydrogen) atoms. The molecule has 4 heteroatoms. The van der Waals surface area contributed by atoms with Crippen LogP contribution in [-0.4, -0.2) is 17.9 Å². The monoisotopic (exact) mass is 332 g/mol. The predicted octanol–water partition coefficient (Wildman–Crippen LogP) is 4.13. The first-order valence-electron chi connectivity index (χ1n) is 9.17. The molecule has 0 saturated heterocycles. The average Bonchev–Trinajstić information content (AvgIpc) is 2.83. The molecule has 4 aliphatic rings. The fourth-order valence-electron chi connectivity index (χ4n) is 5.93. The SMILES string of the molecule is CC(=O)OC1=CC2=CC[C@@H]3[C@H](CC[C@]4(C)C(=O)CC[C@@H]34)[C@H]2C[C@@H]1F. The summed E-state index contributed by atoms with van der Waals surface area (Å²) in [5.41, 5.74) is 0.990. The van der Waals surface area contributed by atoms with E-state index in [-0.39, 0.29) is 17.1 Å². The molecule has 2 fully saturated rings. The highest BCUT2D eigenvalue weighted by atomic mass is 19.1. The van der Waals surface area contributed by atoms with E-state index >= 15 is 0 Å². The summed E-state index contributed by atoms with van der Waals surface area (Å²) in [5.74, 6) is 1.76. The Morgan fingerprint density at radius 3 is 2.88 bits per heavy atom. The van der Waals surface area contributed by atoms with Crippen molar-refractivity contribution in [2.45, 2.75) is 58.5 Å². The Morgan fingerprint density at radius 2 is 2.12 bits per heavy atom. The third-order valence-electron chi connectivity index (χ3n) is 7.11. The number of ketones is 1. The fourth-order valence-corrected chi connectivity index (χ4v) is 5.93. The number of hydrogen-bond donors (Lipinski definition) is 0. The number of carbonyl (C=O) groups excluding carboxylic acids is 2. The molecule has 0 aromatic carbocycles. The first-order valence-corrected chi connectivity index (χ1v) is 9.17. The lowest BCUT2D eigenvalue weighted by Crippen LogP contribution is -2.46. The van der Waals surface area contributed by atoms with Gasteiger partial charge >= 0.3 is 5.97 Å². The number of carbonyl (C=O) groups is 2. The first kappa shape index (κ1) is 16.0. The number of rotatable bonds is 1. The summed E-state index contributed by atoms with van der Waals surface area (Å²) in [7, 11) is 0. The molecular formula is C20H25FO3. The zero-order valence-corrected chi connectivity index (χ0v) is 14.4. The van der Waals surface area contributed by atoms with Gasteiger partial charge in [0.2, 0.25) is 0 Å². The maximum Gasteiger partial charge on any atom is 0.307 e. The Balaban J connectivity index is 1.63. The second-order valence-electron chi connectivity index (χ2n) is 8.24. The summed E-state index contributed by atoms with van der Waals surface area (Å²) in [6.45, 7) is 3.46. The normalized spacial score (nSPS) is 44.0. The van der Waals surface area contributed by atoms with Gasteiger partial charge in [-0.2, -0.15) is 0 Å². The maximum atomic E-state index is 14.5. The Kier molecular flexibility index (Phi) is 3.70. The molecule has 0 amide bonds. The molecule has 4 rings (SSSR count). The molecule has 0 aromatic heterocycles. The number of esters is 1. The third kappa shape index (κ3) is 2.29. The number of fused-ring (bicyclic) bond motifs is 5. The quantitative estimate of drug-likeness (QED) is 0.678. The van der Waals surface area contributed by atoms with Gasteiger partial charge in [-0.25, -0.2) is 4.39 Å². The van der Waals surface area contributed by atoms with Crippen LogP contribution in [0.3, 0.4) is 0 Å². The van der Waals surface area contributed by atoms with Crippen LogP contribution in [0.2, 0.25) is 0 Å². The highest BCUT2D eigenvalue weighted by Crippen LogP contribution is 2.60. The van der Waals surface area contributed by atoms with Gasteiger partial charge in [-0.3, -0.25) is 9.59 Å². The number of hydrogen-bond acceptors (Lipinski definition) is 3. The van der Waals surface area contributed by atoms with E-state index in [1.54, 1.807) is 6.08 Å². The first-order chi connectivity index (χ1) is 11.4. The number of allylic oxidation sites excluding steroid dienone is 4. The van der Waals surface area contributed by atoms with Gasteiger partial charge in [0.25, 0.3) is 0 Å². The van der Waals surface area contributed by atoms with Crippen LogP contribution in [0.4, 0.5) is 4.39 Å². The Labute approximate surface area is 142 Å². The lowest BCUT2D eigenvalue weighted by atomic mass is 9.53. The highest BCUT2D eigenvalue weighted by Gasteiger charge is 2.56. The van der Waals surface area contributed by atoms with Crippen LogP contribution in [0.5, 0.6) is 0 Å². The summed E-state index contributed by atoms with van der Waals surface area (Å²) < 4.78 is 19.6. The molecule has 0 heterocycles. The van der Waals surface area contributed by atoms with Crippen molar-refractivity contribution in [2.75, 3.05) is 0 Å². The molecule has 0 radical (unpaired) electrons. The standard InChI is InChI=1S/C20H25FO3/c1-11(22)24-18-9-12-3-4-14-13(15(12)10-17(18)21)7-8-20(2)16(14)5-6-19(20)23/h3,9,13-17H,4-8,10H2,1-2H3/t13-,14+,15-,16-,17-,20-/m0/s1. The van der Waals surface area contributed by atoms with Crippen molar-refractivity contribution in [2.24, 2.45) is 29.1 Å². The van der Waals surface area contributed by atoms with Crippen LogP contribution < -0.4 is 0 Å². The Hall–Kier alpha value is -1.45. The third-order valence-corrected chi connectivity index (χ3v) is 7.11. The van der Waals surface area contributed by atoms with Gasteiger partial charge in [-0.1, -0.05) is 13.0 Å². The van der Waals surface area contributed by atoms with Gasteiger partial charge in [-0.05, 0) is 67.4 Å². The lowest BCUT2D eigenvalue weighted by molar-refractivity contribution is -0.138. The van der Waals surface area contributed by atoms with Crippen molar-refractivity contribution < 1.29 is 18.7 Å². The molecule has 130 valence electrons. The van der Waals surface area contributed by atoms with Crippen LogP contribution in [0, 0.1) is 29.1 Å². The second kappa shape index (κ2) is 5.53. The summed E-state index contributed by atoms with van der Waals surface area (Å²) >= 11 is 0. The zero-order chi connectivity index (χ0) is 17.1. The molecule has 6 atom stereocenters. The number of Topliss-reactive ketones (excluding diaryl/α,β-unsaturated/α-hetero) is 1. The molecule has 3 nitrogen and oxygen atoms in total. The molecule has 4 aliphatic carbocycles. The zero-order valence-electron chi connectivity index (χ0n) is 14.4. The van der Waals surface area contributed by atoms with Crippen molar-refractivity contribution in [1.29, 1.82) is 0 Å². The van der Waals surface area contributed by atoms with E-state index in [1.807, 2.05) is 0 Å². The lowest BCUT2D eigenvalue weighted by Gasteiger charge is -2.51. The number of alkyl halides is 1. The van der Waals surface area contributed by atoms with E-state index in [4.69, 9.17) is 4.74 Å². The van der Waals surface area contributed by atoms with Crippen LogP contribution in [0.1, 0.15) is 52.4 Å². The smallest absolute Gasteiger partial charge is 0.307 e. The van der Waals surface area contributed by atoms with Gasteiger partial charge in [0, 0.05) is 18.8 Å². The molecule has 2 saturated carbocycles. The minimum absolute atomic E-state index is 0.144. The van der Waals surface area contributed by atoms with Gasteiger partial charge < -0.3 is 4.74 Å². The van der Waals surface area contributed by atoms with E-state index in [2.05, 4.69) is 13.0 Å². The number of ether oxygens (including phenoxy) is 1. The molecular weight excluding hydrogens is 307 g/mol. The van der Waals surface area contributed by atoms with Gasteiger partial charge in [0.15, 0.2) is 6.17 Å². The van der Waals surface area contributed by atoms with Crippen LogP contribution >= 0.6 is 0 Å². The molecule has 0 unspecified atom stereocenters. The van der Waals surface area contributed by atoms with Crippen molar-refractivity contribution in [3.63, 3.8) is 0 Å². The van der Waals surface area contributed by atoms with Crippen LogP contribution in [0.15, 0.2) is 23.5 Å². The van der Waals surface area contributed by atoms with Crippen molar-refractivity contribution in [1.82, 2.24) is 0 Å². The van der Waals surface area contributed by atoms with E-state index < -0.39 is 12.1 Å². The summed E-state index contributed by atoms with van der Waals surface area (Å²) in [5, 5.41) is 0. The van der Waals surface area contributed by atoms with Gasteiger partial charge in [0.05, 0.1) is 0 Å². The van der Waals surface area contributed by atoms with Crippen molar-refractivity contribution in [3.8, 4) is 0 Å². The highest BCUT2D eigenvalue weighted by molar-refractivity contribution is 5.87. The Bertz CT molecular complexity index is 649. The Morgan fingerprint density at radius 1 is 1.33 bits per heavy atom. The van der Waals surface area contributed by atoms with E-state index in [0.29, 0.717) is 36.4 Å². The second-order valence-corrected chi connectivity index (χ2v) is 8.24. The van der Waals surface area contributed by atoms with Crippen molar-refractivity contribution >= 4 is 11.8 Å². The van der Waals surface area contributed by atoms with E-state index in [1.165, 1.54) is 6.92 Å². The van der Waals surface area contributed by atoms with Crippen LogP contribution in [0.25, 0.3) is 0 Å². The van der Waals surface area contributed by atoms with Gasteiger partial charge in [-0.15, -0.1) is 0 Å². The summed E-state index contributed by atoms with van der Waals surface area (Å²) in [4.78, 5) is 23.5. The number of halogens is 1. The largest absolute Gasteiger partial charge is 0.428 e. The fraction of sp³-hybridized carbons (Fsp3) is 0.700. The summed E-state index contributed by atoms with van der Waals surface area (Å²) in [6.07, 6.45) is 7.80.